The van der Waals surface area contributed by atoms with Crippen molar-refractivity contribution in [3.63, 3.8) is 0 Å². The fourth-order valence-electron chi connectivity index (χ4n) is 1.55. The van der Waals surface area contributed by atoms with Crippen molar-refractivity contribution in [1.82, 2.24) is 9.97 Å². The maximum absolute atomic E-state index is 11.0. The summed E-state index contributed by atoms with van der Waals surface area (Å²) in [4.78, 5) is 28.7. The minimum atomic E-state index is -1.21. The van der Waals surface area contributed by atoms with E-state index in [1.165, 1.54) is 18.2 Å². The first-order valence-corrected chi connectivity index (χ1v) is 5.95. The Morgan fingerprint density at radius 1 is 1.48 bits per heavy atom. The molecule has 0 spiro atoms. The highest BCUT2D eigenvalue weighted by Gasteiger charge is 2.17. The molecule has 1 heterocycles. The molecular weight excluding hydrogens is 302 g/mol. The summed E-state index contributed by atoms with van der Waals surface area (Å²) in [6.07, 6.45) is 2.29. The van der Waals surface area contributed by atoms with E-state index in [0.29, 0.717) is 0 Å². The monoisotopic (exact) mass is 309 g/mol. The minimum absolute atomic E-state index is 0.0672. The number of hydrogen-bond acceptors (Lipinski definition) is 6. The van der Waals surface area contributed by atoms with Crippen molar-refractivity contribution in [3.8, 4) is 5.75 Å². The van der Waals surface area contributed by atoms with Gasteiger partial charge < -0.3 is 9.84 Å². The van der Waals surface area contributed by atoms with Gasteiger partial charge in [-0.25, -0.2) is 14.8 Å². The number of rotatable bonds is 5. The average molecular weight is 310 g/mol. The standard InChI is InChI=1S/C12H8ClN3O5/c13-7-1-2-10(16(19)20)11(3-7)21-5-9-8(12(17)18)4-14-6-15-9/h1-4,6H,5H2,(H,17,18). The molecule has 0 bridgehead atoms. The summed E-state index contributed by atoms with van der Waals surface area (Å²) in [6, 6.07) is 3.84. The molecule has 2 aromatic rings. The SMILES string of the molecule is O=C(O)c1cncnc1COc1cc(Cl)ccc1[N+](=O)[O-]. The van der Waals surface area contributed by atoms with Gasteiger partial charge in [-0.15, -0.1) is 0 Å². The Morgan fingerprint density at radius 3 is 2.90 bits per heavy atom. The first kappa shape index (κ1) is 14.7. The number of aromatic carboxylic acids is 1. The van der Waals surface area contributed by atoms with Crippen molar-refractivity contribution >= 4 is 23.3 Å². The van der Waals surface area contributed by atoms with Gasteiger partial charge in [0.2, 0.25) is 0 Å². The van der Waals surface area contributed by atoms with E-state index in [0.717, 1.165) is 12.5 Å². The van der Waals surface area contributed by atoms with Crippen molar-refractivity contribution in [2.24, 2.45) is 0 Å². The van der Waals surface area contributed by atoms with Crippen LogP contribution in [0, 0.1) is 10.1 Å². The topological polar surface area (TPSA) is 115 Å². The molecule has 1 aromatic heterocycles. The summed E-state index contributed by atoms with van der Waals surface area (Å²) in [5.74, 6) is -1.28. The van der Waals surface area contributed by atoms with Crippen LogP contribution in [0.25, 0.3) is 0 Å². The molecule has 9 heteroatoms. The Kier molecular flexibility index (Phi) is 4.29. The van der Waals surface area contributed by atoms with Crippen LogP contribution in [0.2, 0.25) is 5.02 Å². The molecule has 0 aliphatic heterocycles. The molecule has 8 nitrogen and oxygen atoms in total. The van der Waals surface area contributed by atoms with Crippen LogP contribution < -0.4 is 4.74 Å². The molecule has 0 radical (unpaired) electrons. The molecule has 0 aliphatic rings. The second-order valence-electron chi connectivity index (χ2n) is 3.85. The first-order valence-electron chi connectivity index (χ1n) is 5.58. The predicted molar refractivity (Wildman–Crippen MR) is 71.4 cm³/mol. The zero-order chi connectivity index (χ0) is 15.4. The molecule has 0 atom stereocenters. The summed E-state index contributed by atoms with van der Waals surface area (Å²) in [7, 11) is 0. The lowest BCUT2D eigenvalue weighted by molar-refractivity contribution is -0.385. The second-order valence-corrected chi connectivity index (χ2v) is 4.28. The number of halogens is 1. The van der Waals surface area contributed by atoms with Gasteiger partial charge in [-0.1, -0.05) is 11.6 Å². The van der Waals surface area contributed by atoms with E-state index in [1.54, 1.807) is 0 Å². The third-order valence-electron chi connectivity index (χ3n) is 2.51. The van der Waals surface area contributed by atoms with Crippen LogP contribution >= 0.6 is 11.6 Å². The number of benzene rings is 1. The van der Waals surface area contributed by atoms with Crippen LogP contribution in [0.3, 0.4) is 0 Å². The number of carboxylic acids is 1. The molecule has 21 heavy (non-hydrogen) atoms. The third-order valence-corrected chi connectivity index (χ3v) is 2.74. The van der Waals surface area contributed by atoms with Crippen LogP contribution in [0.5, 0.6) is 5.75 Å². The maximum Gasteiger partial charge on any atom is 0.339 e. The molecule has 1 aromatic carbocycles. The first-order chi connectivity index (χ1) is 9.99. The molecule has 0 unspecified atom stereocenters. The van der Waals surface area contributed by atoms with Crippen LogP contribution in [0.15, 0.2) is 30.7 Å². The van der Waals surface area contributed by atoms with Gasteiger partial charge in [-0.05, 0) is 6.07 Å². The van der Waals surface area contributed by atoms with Crippen LogP contribution in [0.4, 0.5) is 5.69 Å². The van der Waals surface area contributed by atoms with Gasteiger partial charge in [0, 0.05) is 23.4 Å². The van der Waals surface area contributed by atoms with Crippen LogP contribution in [0.1, 0.15) is 16.1 Å². The largest absolute Gasteiger partial charge is 0.480 e. The van der Waals surface area contributed by atoms with Crippen molar-refractivity contribution < 1.29 is 19.6 Å². The molecule has 0 saturated heterocycles. The van der Waals surface area contributed by atoms with E-state index >= 15 is 0 Å². The van der Waals surface area contributed by atoms with Gasteiger partial charge in [-0.2, -0.15) is 0 Å². The lowest BCUT2D eigenvalue weighted by Crippen LogP contribution is -2.09. The number of nitro benzene ring substituents is 1. The van der Waals surface area contributed by atoms with E-state index in [2.05, 4.69) is 9.97 Å². The van der Waals surface area contributed by atoms with E-state index < -0.39 is 10.9 Å². The summed E-state index contributed by atoms with van der Waals surface area (Å²) in [5, 5.41) is 20.1. The molecule has 0 aliphatic carbocycles. The van der Waals surface area contributed by atoms with E-state index in [4.69, 9.17) is 21.4 Å². The number of ether oxygens (including phenoxy) is 1. The quantitative estimate of drug-likeness (QED) is 0.665. The summed E-state index contributed by atoms with van der Waals surface area (Å²) < 4.78 is 5.28. The fraction of sp³-hybridized carbons (Fsp3) is 0.0833. The highest BCUT2D eigenvalue weighted by atomic mass is 35.5. The van der Waals surface area contributed by atoms with Crippen molar-refractivity contribution in [3.05, 3.63) is 57.1 Å². The Morgan fingerprint density at radius 2 is 2.24 bits per heavy atom. The summed E-state index contributed by atoms with van der Waals surface area (Å²) >= 11 is 5.76. The third kappa shape index (κ3) is 3.42. The number of carboxylic acid groups (broad SMARTS) is 1. The van der Waals surface area contributed by atoms with Gasteiger partial charge in [0.25, 0.3) is 0 Å². The van der Waals surface area contributed by atoms with E-state index in [1.807, 2.05) is 0 Å². The number of hydrogen-bond donors (Lipinski definition) is 1. The van der Waals surface area contributed by atoms with Crippen molar-refractivity contribution in [2.75, 3.05) is 0 Å². The summed E-state index contributed by atoms with van der Waals surface area (Å²) in [6.45, 7) is -0.259. The summed E-state index contributed by atoms with van der Waals surface area (Å²) in [5.41, 5.74) is -0.306. The molecule has 2 rings (SSSR count). The fourth-order valence-corrected chi connectivity index (χ4v) is 1.71. The maximum atomic E-state index is 11.0. The molecule has 0 saturated carbocycles. The Balaban J connectivity index is 2.27. The molecule has 108 valence electrons. The van der Waals surface area contributed by atoms with Gasteiger partial charge in [0.1, 0.15) is 18.5 Å². The predicted octanol–water partition coefficient (Wildman–Crippen LogP) is 2.32. The average Bonchev–Trinajstić information content (AvgIpc) is 2.45. The second kappa shape index (κ2) is 6.14. The molecule has 1 N–H and O–H groups in total. The zero-order valence-corrected chi connectivity index (χ0v) is 11.1. The molecular formula is C12H8ClN3O5. The van der Waals surface area contributed by atoms with Crippen LogP contribution in [-0.2, 0) is 6.61 Å². The van der Waals surface area contributed by atoms with Crippen LogP contribution in [-0.4, -0.2) is 26.0 Å². The zero-order valence-electron chi connectivity index (χ0n) is 10.4. The Hall–Kier alpha value is -2.74. The van der Waals surface area contributed by atoms with Crippen molar-refractivity contribution in [2.45, 2.75) is 6.61 Å². The van der Waals surface area contributed by atoms with Gasteiger partial charge >= 0.3 is 11.7 Å². The van der Waals surface area contributed by atoms with Gasteiger partial charge in [0.15, 0.2) is 5.75 Å². The number of aromatic nitrogens is 2. The number of nitrogens with zero attached hydrogens (tertiary/aromatic N) is 3. The molecule has 0 amide bonds. The lowest BCUT2D eigenvalue weighted by atomic mass is 10.2. The smallest absolute Gasteiger partial charge is 0.339 e. The molecule has 0 fully saturated rings. The Labute approximate surface area is 123 Å². The highest BCUT2D eigenvalue weighted by Crippen LogP contribution is 2.30. The lowest BCUT2D eigenvalue weighted by Gasteiger charge is -2.08. The van der Waals surface area contributed by atoms with Gasteiger partial charge in [0.05, 0.1) is 10.6 Å². The normalized spacial score (nSPS) is 10.1. The number of nitro groups is 1. The highest BCUT2D eigenvalue weighted by molar-refractivity contribution is 6.30. The van der Waals surface area contributed by atoms with E-state index in [-0.39, 0.29) is 34.3 Å². The number of carbonyl (C=O) groups is 1. The van der Waals surface area contributed by atoms with Gasteiger partial charge in [-0.3, -0.25) is 10.1 Å². The van der Waals surface area contributed by atoms with E-state index in [9.17, 15) is 14.9 Å². The minimum Gasteiger partial charge on any atom is -0.480 e. The van der Waals surface area contributed by atoms with Crippen molar-refractivity contribution in [1.29, 1.82) is 0 Å². The Bertz CT molecular complexity index is 707.